The average Bonchev–Trinajstić information content (AvgIpc) is 3.10. The molecule has 3 heterocycles. The minimum absolute atomic E-state index is 0.111. The fraction of sp³-hybridized carbons (Fsp3) is 0.261. The number of hydrogen-bond donors (Lipinski definition) is 1. The summed E-state index contributed by atoms with van der Waals surface area (Å²) in [5.41, 5.74) is 5.20. The van der Waals surface area contributed by atoms with Gasteiger partial charge in [0.05, 0.1) is 17.6 Å². The van der Waals surface area contributed by atoms with Gasteiger partial charge in [0.2, 0.25) is 5.88 Å². The SMILES string of the molecule is Cc1ccc([C@H](C)NC(=O)COc2cc(C)c3c(-c4cnccn4)nn(C)c3n2)cc1. The molecule has 0 saturated heterocycles. The van der Waals surface area contributed by atoms with Crippen LogP contribution in [-0.2, 0) is 11.8 Å². The highest BCUT2D eigenvalue weighted by Crippen LogP contribution is 2.29. The third kappa shape index (κ3) is 4.37. The van der Waals surface area contributed by atoms with Gasteiger partial charge in [-0.05, 0) is 31.9 Å². The maximum atomic E-state index is 12.4. The van der Waals surface area contributed by atoms with E-state index in [0.29, 0.717) is 22.9 Å². The lowest BCUT2D eigenvalue weighted by molar-refractivity contribution is -0.123. The molecule has 0 aliphatic carbocycles. The van der Waals surface area contributed by atoms with Crippen LogP contribution in [0.1, 0.15) is 29.7 Å². The number of nitrogens with zero attached hydrogens (tertiary/aromatic N) is 5. The van der Waals surface area contributed by atoms with E-state index < -0.39 is 0 Å². The van der Waals surface area contributed by atoms with Crippen molar-refractivity contribution < 1.29 is 9.53 Å². The first-order valence-electron chi connectivity index (χ1n) is 10.0. The third-order valence-corrected chi connectivity index (χ3v) is 5.08. The van der Waals surface area contributed by atoms with E-state index in [1.54, 1.807) is 29.3 Å². The van der Waals surface area contributed by atoms with Gasteiger partial charge in [0.15, 0.2) is 12.3 Å². The highest BCUT2D eigenvalue weighted by atomic mass is 16.5. The van der Waals surface area contributed by atoms with Gasteiger partial charge in [0.1, 0.15) is 11.4 Å². The number of carbonyl (C=O) groups is 1. The molecule has 0 aliphatic rings. The molecule has 0 bridgehead atoms. The van der Waals surface area contributed by atoms with E-state index in [1.807, 2.05) is 52.1 Å². The van der Waals surface area contributed by atoms with Crippen molar-refractivity contribution in [3.05, 3.63) is 65.6 Å². The van der Waals surface area contributed by atoms with Crippen molar-refractivity contribution in [2.45, 2.75) is 26.8 Å². The highest BCUT2D eigenvalue weighted by Gasteiger charge is 2.17. The van der Waals surface area contributed by atoms with Gasteiger partial charge < -0.3 is 10.1 Å². The molecule has 1 aromatic carbocycles. The van der Waals surface area contributed by atoms with Crippen LogP contribution in [0.25, 0.3) is 22.4 Å². The summed E-state index contributed by atoms with van der Waals surface area (Å²) in [6, 6.07) is 9.77. The van der Waals surface area contributed by atoms with Crippen molar-refractivity contribution in [1.82, 2.24) is 30.0 Å². The van der Waals surface area contributed by atoms with E-state index in [4.69, 9.17) is 4.74 Å². The second-order valence-corrected chi connectivity index (χ2v) is 7.53. The first kappa shape index (κ1) is 20.5. The number of benzene rings is 1. The normalized spacial score (nSPS) is 12.0. The maximum Gasteiger partial charge on any atom is 0.258 e. The highest BCUT2D eigenvalue weighted by molar-refractivity contribution is 5.93. The molecule has 0 spiro atoms. The van der Waals surface area contributed by atoms with Gasteiger partial charge >= 0.3 is 0 Å². The molecule has 8 heteroatoms. The quantitative estimate of drug-likeness (QED) is 0.518. The van der Waals surface area contributed by atoms with Crippen LogP contribution >= 0.6 is 0 Å². The van der Waals surface area contributed by atoms with Crippen molar-refractivity contribution in [3.8, 4) is 17.3 Å². The van der Waals surface area contributed by atoms with Gasteiger partial charge in [-0.3, -0.25) is 14.8 Å². The maximum absolute atomic E-state index is 12.4. The summed E-state index contributed by atoms with van der Waals surface area (Å²) >= 11 is 0. The predicted molar refractivity (Wildman–Crippen MR) is 118 cm³/mol. The molecule has 1 N–H and O–H groups in total. The number of amides is 1. The smallest absolute Gasteiger partial charge is 0.258 e. The molecule has 1 amide bonds. The van der Waals surface area contributed by atoms with Crippen LogP contribution in [0.4, 0.5) is 0 Å². The zero-order chi connectivity index (χ0) is 22.0. The topological polar surface area (TPSA) is 94.8 Å². The fourth-order valence-electron chi connectivity index (χ4n) is 3.44. The Morgan fingerprint density at radius 3 is 2.68 bits per heavy atom. The Hall–Kier alpha value is -3.81. The zero-order valence-electron chi connectivity index (χ0n) is 18.0. The minimum atomic E-state index is -0.210. The second-order valence-electron chi connectivity index (χ2n) is 7.53. The number of rotatable bonds is 6. The van der Waals surface area contributed by atoms with Crippen LogP contribution in [0, 0.1) is 13.8 Å². The Morgan fingerprint density at radius 2 is 1.97 bits per heavy atom. The number of fused-ring (bicyclic) bond motifs is 1. The summed E-state index contributed by atoms with van der Waals surface area (Å²) in [7, 11) is 1.81. The van der Waals surface area contributed by atoms with E-state index in [0.717, 1.165) is 16.5 Å². The average molecular weight is 416 g/mol. The molecular weight excluding hydrogens is 392 g/mol. The Morgan fingerprint density at radius 1 is 1.19 bits per heavy atom. The summed E-state index contributed by atoms with van der Waals surface area (Å²) in [6.07, 6.45) is 4.92. The molecule has 3 aromatic heterocycles. The standard InChI is InChI=1S/C23H24N6O2/c1-14-5-7-17(8-6-14)16(3)26-19(30)13-31-20-11-15(2)21-22(18-12-24-9-10-25-18)28-29(4)23(21)27-20/h5-12,16H,13H2,1-4H3,(H,26,30)/t16-/m0/s1. The molecule has 8 nitrogen and oxygen atoms in total. The van der Waals surface area contributed by atoms with Gasteiger partial charge in [-0.2, -0.15) is 10.1 Å². The Balaban J connectivity index is 1.48. The lowest BCUT2D eigenvalue weighted by Crippen LogP contribution is -2.31. The Kier molecular flexibility index (Phi) is 5.62. The van der Waals surface area contributed by atoms with Crippen molar-refractivity contribution in [1.29, 1.82) is 0 Å². The van der Waals surface area contributed by atoms with E-state index in [2.05, 4.69) is 25.4 Å². The first-order valence-corrected chi connectivity index (χ1v) is 10.0. The van der Waals surface area contributed by atoms with Crippen molar-refractivity contribution in [2.75, 3.05) is 6.61 Å². The summed E-state index contributed by atoms with van der Waals surface area (Å²) < 4.78 is 7.37. The molecule has 31 heavy (non-hydrogen) atoms. The summed E-state index contributed by atoms with van der Waals surface area (Å²) in [4.78, 5) is 25.4. The monoisotopic (exact) mass is 416 g/mol. The zero-order valence-corrected chi connectivity index (χ0v) is 18.0. The molecule has 0 unspecified atom stereocenters. The number of pyridine rings is 1. The molecule has 4 aromatic rings. The van der Waals surface area contributed by atoms with E-state index >= 15 is 0 Å². The van der Waals surface area contributed by atoms with E-state index in [9.17, 15) is 4.79 Å². The molecule has 0 fully saturated rings. The van der Waals surface area contributed by atoms with Gasteiger partial charge in [-0.15, -0.1) is 0 Å². The predicted octanol–water partition coefficient (Wildman–Crippen LogP) is 3.30. The summed E-state index contributed by atoms with van der Waals surface area (Å²) in [5.74, 6) is 0.162. The number of aryl methyl sites for hydroxylation is 3. The molecule has 0 radical (unpaired) electrons. The van der Waals surface area contributed by atoms with Crippen LogP contribution in [0.5, 0.6) is 5.88 Å². The van der Waals surface area contributed by atoms with Crippen LogP contribution in [0.2, 0.25) is 0 Å². The summed E-state index contributed by atoms with van der Waals surface area (Å²) in [6.45, 7) is 5.81. The van der Waals surface area contributed by atoms with Gasteiger partial charge in [0, 0.05) is 25.5 Å². The second kappa shape index (κ2) is 8.51. The summed E-state index contributed by atoms with van der Waals surface area (Å²) in [5, 5.41) is 8.39. The molecule has 1 atom stereocenters. The Bertz CT molecular complexity index is 1220. The molecule has 0 saturated carbocycles. The van der Waals surface area contributed by atoms with Crippen molar-refractivity contribution in [3.63, 3.8) is 0 Å². The van der Waals surface area contributed by atoms with Crippen molar-refractivity contribution >= 4 is 16.9 Å². The minimum Gasteiger partial charge on any atom is -0.468 e. The lowest BCUT2D eigenvalue weighted by atomic mass is 10.1. The van der Waals surface area contributed by atoms with Crippen LogP contribution in [0.15, 0.2) is 48.9 Å². The Labute approximate surface area is 180 Å². The third-order valence-electron chi connectivity index (χ3n) is 5.08. The van der Waals surface area contributed by atoms with Crippen molar-refractivity contribution in [2.24, 2.45) is 7.05 Å². The number of ether oxygens (including phenoxy) is 1. The largest absolute Gasteiger partial charge is 0.468 e. The van der Waals surface area contributed by atoms with E-state index in [-0.39, 0.29) is 18.6 Å². The number of aromatic nitrogens is 5. The number of nitrogens with one attached hydrogen (secondary N) is 1. The van der Waals surface area contributed by atoms with Gasteiger partial charge in [0.25, 0.3) is 5.91 Å². The van der Waals surface area contributed by atoms with Gasteiger partial charge in [-0.1, -0.05) is 29.8 Å². The van der Waals surface area contributed by atoms with Gasteiger partial charge in [-0.25, -0.2) is 4.68 Å². The van der Waals surface area contributed by atoms with Crippen LogP contribution < -0.4 is 10.1 Å². The van der Waals surface area contributed by atoms with E-state index in [1.165, 1.54) is 5.56 Å². The molecule has 4 rings (SSSR count). The lowest BCUT2D eigenvalue weighted by Gasteiger charge is -2.15. The number of carbonyl (C=O) groups excluding carboxylic acids is 1. The van der Waals surface area contributed by atoms with Crippen LogP contribution in [-0.4, -0.2) is 37.2 Å². The first-order chi connectivity index (χ1) is 14.9. The number of hydrogen-bond acceptors (Lipinski definition) is 6. The molecular formula is C23H24N6O2. The molecule has 158 valence electrons. The molecule has 0 aliphatic heterocycles. The van der Waals surface area contributed by atoms with Crippen LogP contribution in [0.3, 0.4) is 0 Å². The fourth-order valence-corrected chi connectivity index (χ4v) is 3.44.